The summed E-state index contributed by atoms with van der Waals surface area (Å²) >= 11 is 0. The van der Waals surface area contributed by atoms with Crippen LogP contribution in [0.4, 0.5) is 0 Å². The number of fused-ring (bicyclic) bond motifs is 6. The molecular formula is C21H20N2O. The molecule has 2 bridgehead atoms. The van der Waals surface area contributed by atoms with Crippen molar-refractivity contribution in [3.63, 3.8) is 0 Å². The van der Waals surface area contributed by atoms with E-state index < -0.39 is 0 Å². The molecule has 0 saturated carbocycles. The maximum atomic E-state index is 12.6. The summed E-state index contributed by atoms with van der Waals surface area (Å²) in [6.07, 6.45) is 2.46. The monoisotopic (exact) mass is 316 g/mol. The number of H-pyrrole nitrogens is 1. The van der Waals surface area contributed by atoms with Crippen molar-refractivity contribution in [3.05, 3.63) is 71.4 Å². The third-order valence-electron chi connectivity index (χ3n) is 5.62. The number of rotatable bonds is 2. The van der Waals surface area contributed by atoms with Crippen LogP contribution in [0, 0.1) is 0 Å². The number of para-hydroxylation sites is 1. The van der Waals surface area contributed by atoms with Crippen molar-refractivity contribution in [2.45, 2.75) is 37.9 Å². The average molecular weight is 316 g/mol. The summed E-state index contributed by atoms with van der Waals surface area (Å²) in [6, 6.07) is 19.3. The summed E-state index contributed by atoms with van der Waals surface area (Å²) in [5.74, 6) is 0.401. The van der Waals surface area contributed by atoms with E-state index in [4.69, 9.17) is 0 Å². The number of hydrogen-bond donors (Lipinski definition) is 1. The van der Waals surface area contributed by atoms with Crippen molar-refractivity contribution in [2.24, 2.45) is 0 Å². The number of benzene rings is 2. The molecule has 2 aliphatic rings. The molecule has 120 valence electrons. The molecule has 0 spiro atoms. The van der Waals surface area contributed by atoms with Crippen LogP contribution in [-0.4, -0.2) is 21.7 Å². The largest absolute Gasteiger partial charge is 0.357 e. The number of aromatic amines is 1. The summed E-state index contributed by atoms with van der Waals surface area (Å²) in [4.78, 5) is 18.7. The summed E-state index contributed by atoms with van der Waals surface area (Å²) in [5.41, 5.74) is 5.16. The van der Waals surface area contributed by atoms with Gasteiger partial charge < -0.3 is 4.98 Å². The zero-order chi connectivity index (χ0) is 16.1. The van der Waals surface area contributed by atoms with E-state index in [2.05, 4.69) is 58.4 Å². The van der Waals surface area contributed by atoms with Gasteiger partial charge in [0.25, 0.3) is 0 Å². The first-order valence-corrected chi connectivity index (χ1v) is 8.73. The van der Waals surface area contributed by atoms with Crippen LogP contribution in [0.3, 0.4) is 0 Å². The molecule has 1 aromatic heterocycles. The lowest BCUT2D eigenvalue weighted by Gasteiger charge is -2.45. The van der Waals surface area contributed by atoms with Crippen LogP contribution in [0.1, 0.15) is 35.7 Å². The molecule has 0 radical (unpaired) electrons. The molecule has 1 fully saturated rings. The van der Waals surface area contributed by atoms with Gasteiger partial charge in [-0.3, -0.25) is 9.69 Å². The molecule has 24 heavy (non-hydrogen) atoms. The molecule has 0 unspecified atom stereocenters. The number of nitrogens with zero attached hydrogens (tertiary/aromatic N) is 1. The van der Waals surface area contributed by atoms with Crippen LogP contribution in [0.15, 0.2) is 54.6 Å². The fourth-order valence-corrected chi connectivity index (χ4v) is 4.49. The van der Waals surface area contributed by atoms with E-state index in [0.29, 0.717) is 18.2 Å². The standard InChI is InChI=1S/C21H20N2O/c24-20-11-10-18-21-16(15-8-4-5-9-17(15)22-21)12-19(20)23(18)13-14-6-2-1-3-7-14/h1-9,18-19,22H,10-13H2/t18-,19-/m0/s1. The van der Waals surface area contributed by atoms with Gasteiger partial charge in [-0.2, -0.15) is 0 Å². The fraction of sp³-hybridized carbons (Fsp3) is 0.286. The van der Waals surface area contributed by atoms with Gasteiger partial charge in [-0.15, -0.1) is 0 Å². The number of hydrogen-bond acceptors (Lipinski definition) is 2. The number of ketones is 1. The van der Waals surface area contributed by atoms with Crippen LogP contribution in [-0.2, 0) is 17.8 Å². The van der Waals surface area contributed by atoms with Gasteiger partial charge in [-0.05, 0) is 30.0 Å². The summed E-state index contributed by atoms with van der Waals surface area (Å²) in [5, 5.41) is 1.29. The van der Waals surface area contributed by atoms with Crippen LogP contribution >= 0.6 is 0 Å². The summed E-state index contributed by atoms with van der Waals surface area (Å²) < 4.78 is 0. The molecule has 2 aliphatic heterocycles. The zero-order valence-electron chi connectivity index (χ0n) is 13.5. The highest BCUT2D eigenvalue weighted by Gasteiger charge is 2.43. The highest BCUT2D eigenvalue weighted by Crippen LogP contribution is 2.43. The predicted molar refractivity (Wildman–Crippen MR) is 94.8 cm³/mol. The van der Waals surface area contributed by atoms with E-state index in [1.807, 2.05) is 6.07 Å². The van der Waals surface area contributed by atoms with Crippen LogP contribution in [0.2, 0.25) is 0 Å². The number of aromatic nitrogens is 1. The third kappa shape index (κ3) is 2.05. The molecule has 1 saturated heterocycles. The van der Waals surface area contributed by atoms with E-state index in [-0.39, 0.29) is 6.04 Å². The van der Waals surface area contributed by atoms with Gasteiger partial charge in [0.15, 0.2) is 0 Å². The second kappa shape index (κ2) is 5.32. The van der Waals surface area contributed by atoms with E-state index in [1.54, 1.807) is 0 Å². The predicted octanol–water partition coefficient (Wildman–Crippen LogP) is 4.00. The Morgan fingerprint density at radius 2 is 1.79 bits per heavy atom. The zero-order valence-corrected chi connectivity index (χ0v) is 13.5. The Kier molecular flexibility index (Phi) is 3.10. The van der Waals surface area contributed by atoms with E-state index >= 15 is 0 Å². The first-order chi connectivity index (χ1) is 11.8. The second-order valence-corrected chi connectivity index (χ2v) is 6.96. The Morgan fingerprint density at radius 3 is 2.67 bits per heavy atom. The van der Waals surface area contributed by atoms with Gasteiger partial charge in [-0.1, -0.05) is 48.5 Å². The van der Waals surface area contributed by atoms with Crippen LogP contribution in [0.25, 0.3) is 10.9 Å². The third-order valence-corrected chi connectivity index (χ3v) is 5.62. The highest BCUT2D eigenvalue weighted by atomic mass is 16.1. The van der Waals surface area contributed by atoms with Crippen molar-refractivity contribution in [1.82, 2.24) is 9.88 Å². The van der Waals surface area contributed by atoms with E-state index in [9.17, 15) is 4.79 Å². The topological polar surface area (TPSA) is 36.1 Å². The molecule has 3 heterocycles. The molecule has 2 atom stereocenters. The molecule has 3 aromatic rings. The van der Waals surface area contributed by atoms with Crippen LogP contribution < -0.4 is 0 Å². The van der Waals surface area contributed by atoms with Crippen molar-refractivity contribution in [3.8, 4) is 0 Å². The molecule has 0 aliphatic carbocycles. The molecule has 3 heteroatoms. The number of Topliss-reactive ketones (excluding diaryl/α,β-unsaturated/α-hetero) is 1. The summed E-state index contributed by atoms with van der Waals surface area (Å²) in [6.45, 7) is 0.844. The Labute approximate surface area is 141 Å². The van der Waals surface area contributed by atoms with Gasteiger partial charge >= 0.3 is 0 Å². The normalized spacial score (nSPS) is 23.4. The smallest absolute Gasteiger partial charge is 0.150 e. The maximum absolute atomic E-state index is 12.6. The number of piperidine rings is 1. The van der Waals surface area contributed by atoms with Gasteiger partial charge in [0.1, 0.15) is 5.78 Å². The Bertz CT molecular complexity index is 912. The average Bonchev–Trinajstić information content (AvgIpc) is 2.98. The minimum Gasteiger partial charge on any atom is -0.357 e. The van der Waals surface area contributed by atoms with Crippen molar-refractivity contribution in [2.75, 3.05) is 0 Å². The lowest BCUT2D eigenvalue weighted by molar-refractivity contribution is -0.130. The fourth-order valence-electron chi connectivity index (χ4n) is 4.49. The lowest BCUT2D eigenvalue weighted by Crippen LogP contribution is -2.51. The molecule has 1 N–H and O–H groups in total. The molecule has 3 nitrogen and oxygen atoms in total. The van der Waals surface area contributed by atoms with E-state index in [1.165, 1.54) is 27.7 Å². The minimum absolute atomic E-state index is 0.0238. The Hall–Kier alpha value is -2.39. The highest BCUT2D eigenvalue weighted by molar-refractivity contribution is 5.90. The molecular weight excluding hydrogens is 296 g/mol. The quantitative estimate of drug-likeness (QED) is 0.776. The SMILES string of the molecule is O=C1CC[C@H]2c3[nH]c4ccccc4c3C[C@@H]1N2Cc1ccccc1. The molecule has 2 aromatic carbocycles. The lowest BCUT2D eigenvalue weighted by atomic mass is 9.81. The van der Waals surface area contributed by atoms with E-state index in [0.717, 1.165) is 19.4 Å². The minimum atomic E-state index is 0.0238. The first kappa shape index (κ1) is 14.0. The van der Waals surface area contributed by atoms with Crippen molar-refractivity contribution < 1.29 is 4.79 Å². The number of carbonyl (C=O) groups is 1. The first-order valence-electron chi connectivity index (χ1n) is 8.73. The second-order valence-electron chi connectivity index (χ2n) is 6.96. The molecule has 0 amide bonds. The maximum Gasteiger partial charge on any atom is 0.150 e. The number of nitrogens with one attached hydrogen (secondary N) is 1. The number of carbonyl (C=O) groups excluding carboxylic acids is 1. The Balaban J connectivity index is 1.61. The van der Waals surface area contributed by atoms with Gasteiger partial charge in [-0.25, -0.2) is 0 Å². The summed E-state index contributed by atoms with van der Waals surface area (Å²) in [7, 11) is 0. The van der Waals surface area contributed by atoms with Gasteiger partial charge in [0.2, 0.25) is 0 Å². The van der Waals surface area contributed by atoms with Crippen molar-refractivity contribution >= 4 is 16.7 Å². The van der Waals surface area contributed by atoms with Crippen molar-refractivity contribution in [1.29, 1.82) is 0 Å². The Morgan fingerprint density at radius 1 is 1.00 bits per heavy atom. The van der Waals surface area contributed by atoms with Gasteiger partial charge in [0.05, 0.1) is 12.1 Å². The van der Waals surface area contributed by atoms with Gasteiger partial charge in [0, 0.05) is 29.6 Å². The molecule has 5 rings (SSSR count). The van der Waals surface area contributed by atoms with Crippen LogP contribution in [0.5, 0.6) is 0 Å².